The molecule has 0 saturated heterocycles. The van der Waals surface area contributed by atoms with Gasteiger partial charge in [-0.3, -0.25) is 4.79 Å². The average molecular weight is 416 g/mol. The van der Waals surface area contributed by atoms with Crippen LogP contribution in [0.2, 0.25) is 0 Å². The summed E-state index contributed by atoms with van der Waals surface area (Å²) in [6.45, 7) is 3.69. The van der Waals surface area contributed by atoms with Crippen molar-refractivity contribution in [3.05, 3.63) is 58.8 Å². The molecule has 0 aliphatic heterocycles. The van der Waals surface area contributed by atoms with Gasteiger partial charge in [-0.05, 0) is 31.9 Å². The number of nitrogens with one attached hydrogen (secondary N) is 2. The molecule has 0 atom stereocenters. The molecule has 7 nitrogen and oxygen atoms in total. The van der Waals surface area contributed by atoms with Crippen molar-refractivity contribution in [1.82, 2.24) is 29.9 Å². The van der Waals surface area contributed by atoms with Crippen LogP contribution in [-0.2, 0) is 23.8 Å². The van der Waals surface area contributed by atoms with Gasteiger partial charge in [-0.15, -0.1) is 5.10 Å². The van der Waals surface area contributed by atoms with Crippen LogP contribution in [-0.4, -0.2) is 37.0 Å². The minimum Gasteiger partial charge on any atom is -0.361 e. The summed E-state index contributed by atoms with van der Waals surface area (Å²) in [5.41, 5.74) is 3.53. The Kier molecular flexibility index (Phi) is 4.92. The average Bonchev–Trinajstić information content (AvgIpc) is 3.30. The number of para-hydroxylation sites is 1. The summed E-state index contributed by atoms with van der Waals surface area (Å²) >= 11 is 0. The number of aryl methyl sites for hydroxylation is 2. The summed E-state index contributed by atoms with van der Waals surface area (Å²) in [5, 5.41) is 7.47. The van der Waals surface area contributed by atoms with E-state index in [1.54, 1.807) is 13.8 Å². The molecule has 0 aliphatic carbocycles. The van der Waals surface area contributed by atoms with Crippen molar-refractivity contribution in [2.75, 3.05) is 6.54 Å². The van der Waals surface area contributed by atoms with Gasteiger partial charge in [0, 0.05) is 40.6 Å². The first kappa shape index (κ1) is 19.9. The van der Waals surface area contributed by atoms with E-state index in [1.807, 2.05) is 30.5 Å². The Morgan fingerprint density at radius 1 is 1.20 bits per heavy atom. The first-order valence-corrected chi connectivity index (χ1v) is 9.36. The quantitative estimate of drug-likeness (QED) is 0.523. The number of fused-ring (bicyclic) bond motifs is 2. The van der Waals surface area contributed by atoms with Crippen LogP contribution < -0.4 is 5.32 Å². The van der Waals surface area contributed by atoms with Crippen LogP contribution >= 0.6 is 0 Å². The predicted octanol–water partition coefficient (Wildman–Crippen LogP) is 3.14. The number of aromatic amines is 1. The Hall–Kier alpha value is -3.43. The summed E-state index contributed by atoms with van der Waals surface area (Å²) in [6.07, 6.45) is -2.08. The van der Waals surface area contributed by atoms with E-state index in [0.717, 1.165) is 21.0 Å². The maximum Gasteiger partial charge on any atom is 0.453 e. The Morgan fingerprint density at radius 3 is 2.73 bits per heavy atom. The number of benzene rings is 1. The molecule has 3 heterocycles. The number of carbonyl (C=O) groups is 1. The molecule has 0 unspecified atom stereocenters. The SMILES string of the molecule is Cc1nc2nc(C(F)(F)F)nn2c(C)c1CC(=O)NCCc1c[nH]c2ccccc12. The standard InChI is InChI=1S/C20H19F3N6O/c1-11-15(12(2)29-19(26-11)27-18(28-29)20(21,22)23)9-17(30)24-8-7-13-10-25-16-6-4-3-5-14(13)16/h3-6,10,25H,7-9H2,1-2H3,(H,24,30). The van der Waals surface area contributed by atoms with Gasteiger partial charge < -0.3 is 10.3 Å². The van der Waals surface area contributed by atoms with Gasteiger partial charge in [0.05, 0.1) is 6.42 Å². The second kappa shape index (κ2) is 7.43. The lowest BCUT2D eigenvalue weighted by molar-refractivity contribution is -0.144. The zero-order chi connectivity index (χ0) is 21.5. The van der Waals surface area contributed by atoms with Crippen LogP contribution in [0.5, 0.6) is 0 Å². The zero-order valence-corrected chi connectivity index (χ0v) is 16.3. The maximum absolute atomic E-state index is 12.9. The molecule has 2 N–H and O–H groups in total. The molecule has 156 valence electrons. The molecule has 1 aromatic carbocycles. The first-order chi connectivity index (χ1) is 14.2. The number of alkyl halides is 3. The van der Waals surface area contributed by atoms with Gasteiger partial charge in [0.25, 0.3) is 11.6 Å². The van der Waals surface area contributed by atoms with E-state index in [0.29, 0.717) is 29.9 Å². The van der Waals surface area contributed by atoms with Crippen molar-refractivity contribution in [3.8, 4) is 0 Å². The Labute approximate surface area is 169 Å². The summed E-state index contributed by atoms with van der Waals surface area (Å²) in [5.74, 6) is -1.63. The van der Waals surface area contributed by atoms with E-state index >= 15 is 0 Å². The van der Waals surface area contributed by atoms with Crippen molar-refractivity contribution in [1.29, 1.82) is 0 Å². The molecule has 0 aliphatic rings. The van der Waals surface area contributed by atoms with E-state index in [1.165, 1.54) is 0 Å². The summed E-state index contributed by atoms with van der Waals surface area (Å²) in [7, 11) is 0. The highest BCUT2D eigenvalue weighted by molar-refractivity contribution is 5.83. The maximum atomic E-state index is 12.9. The van der Waals surface area contributed by atoms with Crippen LogP contribution in [0.15, 0.2) is 30.5 Å². The second-order valence-electron chi connectivity index (χ2n) is 7.04. The molecule has 1 amide bonds. The van der Waals surface area contributed by atoms with Crippen molar-refractivity contribution >= 4 is 22.6 Å². The molecule has 0 radical (unpaired) electrons. The van der Waals surface area contributed by atoms with E-state index in [-0.39, 0.29) is 18.1 Å². The van der Waals surface area contributed by atoms with Gasteiger partial charge in [0.15, 0.2) is 0 Å². The highest BCUT2D eigenvalue weighted by atomic mass is 19.4. The van der Waals surface area contributed by atoms with Gasteiger partial charge in [0.1, 0.15) is 0 Å². The highest BCUT2D eigenvalue weighted by Crippen LogP contribution is 2.27. The number of halogens is 3. The predicted molar refractivity (Wildman–Crippen MR) is 104 cm³/mol. The molecule has 4 aromatic rings. The highest BCUT2D eigenvalue weighted by Gasteiger charge is 2.37. The van der Waals surface area contributed by atoms with Crippen molar-refractivity contribution < 1.29 is 18.0 Å². The van der Waals surface area contributed by atoms with Crippen LogP contribution in [0.1, 0.15) is 28.3 Å². The van der Waals surface area contributed by atoms with Crippen molar-refractivity contribution in [3.63, 3.8) is 0 Å². The largest absolute Gasteiger partial charge is 0.453 e. The van der Waals surface area contributed by atoms with Crippen LogP contribution in [0.3, 0.4) is 0 Å². The number of amides is 1. The van der Waals surface area contributed by atoms with Crippen molar-refractivity contribution in [2.45, 2.75) is 32.9 Å². The molecule has 3 aromatic heterocycles. The van der Waals surface area contributed by atoms with Crippen LogP contribution in [0, 0.1) is 13.8 Å². The molecule has 0 saturated carbocycles. The third kappa shape index (κ3) is 3.72. The van der Waals surface area contributed by atoms with Gasteiger partial charge in [0.2, 0.25) is 5.91 Å². The van der Waals surface area contributed by atoms with Gasteiger partial charge in [-0.25, -0.2) is 9.50 Å². The van der Waals surface area contributed by atoms with E-state index in [4.69, 9.17) is 0 Å². The van der Waals surface area contributed by atoms with Gasteiger partial charge in [-0.2, -0.15) is 18.2 Å². The molecule has 30 heavy (non-hydrogen) atoms. The summed E-state index contributed by atoms with van der Waals surface area (Å²) in [6, 6.07) is 7.92. The Balaban J connectivity index is 1.46. The van der Waals surface area contributed by atoms with E-state index < -0.39 is 12.0 Å². The summed E-state index contributed by atoms with van der Waals surface area (Å²) in [4.78, 5) is 23.2. The number of H-pyrrole nitrogens is 1. The topological polar surface area (TPSA) is 88.0 Å². The van der Waals surface area contributed by atoms with Crippen LogP contribution in [0.25, 0.3) is 16.7 Å². The van der Waals surface area contributed by atoms with Gasteiger partial charge in [-0.1, -0.05) is 18.2 Å². The third-order valence-electron chi connectivity index (χ3n) is 5.03. The summed E-state index contributed by atoms with van der Waals surface area (Å²) < 4.78 is 39.7. The lowest BCUT2D eigenvalue weighted by atomic mass is 10.1. The lowest BCUT2D eigenvalue weighted by Crippen LogP contribution is -2.28. The van der Waals surface area contributed by atoms with E-state index in [2.05, 4.69) is 25.4 Å². The number of hydrogen-bond acceptors (Lipinski definition) is 4. The number of carbonyl (C=O) groups excluding carboxylic acids is 1. The van der Waals surface area contributed by atoms with Crippen LogP contribution in [0.4, 0.5) is 13.2 Å². The minimum atomic E-state index is -4.66. The number of rotatable bonds is 5. The molecule has 10 heteroatoms. The fraction of sp³-hybridized carbons (Fsp3) is 0.300. The molecule has 4 rings (SSSR count). The first-order valence-electron chi connectivity index (χ1n) is 9.36. The molecule has 0 fully saturated rings. The van der Waals surface area contributed by atoms with Gasteiger partial charge >= 0.3 is 6.18 Å². The smallest absolute Gasteiger partial charge is 0.361 e. The third-order valence-corrected chi connectivity index (χ3v) is 5.03. The molecule has 0 spiro atoms. The normalized spacial score (nSPS) is 12.0. The number of hydrogen-bond donors (Lipinski definition) is 2. The monoisotopic (exact) mass is 416 g/mol. The molecule has 0 bridgehead atoms. The number of aromatic nitrogens is 5. The second-order valence-corrected chi connectivity index (χ2v) is 7.04. The molecular formula is C20H19F3N6O. The lowest BCUT2D eigenvalue weighted by Gasteiger charge is -2.10. The van der Waals surface area contributed by atoms with Crippen molar-refractivity contribution in [2.24, 2.45) is 0 Å². The minimum absolute atomic E-state index is 0.00426. The number of nitrogens with zero attached hydrogens (tertiary/aromatic N) is 4. The fourth-order valence-corrected chi connectivity index (χ4v) is 3.48. The zero-order valence-electron chi connectivity index (χ0n) is 16.3. The van der Waals surface area contributed by atoms with E-state index in [9.17, 15) is 18.0 Å². The Bertz CT molecular complexity index is 1240. The fourth-order valence-electron chi connectivity index (χ4n) is 3.48. The molecular weight excluding hydrogens is 397 g/mol. The Morgan fingerprint density at radius 2 is 1.97 bits per heavy atom.